The van der Waals surface area contributed by atoms with Crippen molar-refractivity contribution in [1.82, 2.24) is 14.1 Å². The Labute approximate surface area is 175 Å². The van der Waals surface area contributed by atoms with Crippen LogP contribution in [0.15, 0.2) is 76.4 Å². The molecular formula is C22H19BrN4O2. The first-order valence-electron chi connectivity index (χ1n) is 9.26. The maximum absolute atomic E-state index is 13.0. The van der Waals surface area contributed by atoms with Gasteiger partial charge in [0, 0.05) is 28.5 Å². The van der Waals surface area contributed by atoms with Crippen molar-refractivity contribution in [2.45, 2.75) is 20.0 Å². The van der Waals surface area contributed by atoms with Crippen molar-refractivity contribution >= 4 is 38.6 Å². The molecule has 2 aromatic heterocycles. The Morgan fingerprint density at radius 1 is 1.07 bits per heavy atom. The van der Waals surface area contributed by atoms with Crippen LogP contribution < -0.4 is 10.9 Å². The second kappa shape index (κ2) is 8.05. The Bertz CT molecular complexity index is 1230. The van der Waals surface area contributed by atoms with Gasteiger partial charge in [0.1, 0.15) is 17.6 Å². The van der Waals surface area contributed by atoms with E-state index in [2.05, 4.69) is 26.2 Å². The van der Waals surface area contributed by atoms with Gasteiger partial charge in [-0.25, -0.2) is 4.98 Å². The molecule has 4 aromatic rings. The van der Waals surface area contributed by atoms with Gasteiger partial charge in [-0.05, 0) is 36.8 Å². The van der Waals surface area contributed by atoms with Crippen LogP contribution in [-0.4, -0.2) is 20.0 Å². The third-order valence-corrected chi connectivity index (χ3v) is 5.24. The monoisotopic (exact) mass is 450 g/mol. The molecule has 2 aromatic carbocycles. The minimum absolute atomic E-state index is 0.0179. The third kappa shape index (κ3) is 3.86. The van der Waals surface area contributed by atoms with E-state index < -0.39 is 0 Å². The van der Waals surface area contributed by atoms with Crippen LogP contribution in [0.1, 0.15) is 6.92 Å². The van der Waals surface area contributed by atoms with Crippen LogP contribution in [0, 0.1) is 0 Å². The SMILES string of the molecule is CCn1cnc2c(-c3ccccc3)cn(CC(=O)Nc3ccc(Br)cc3)c2c1=O. The summed E-state index contributed by atoms with van der Waals surface area (Å²) >= 11 is 3.38. The quantitative estimate of drug-likeness (QED) is 0.493. The van der Waals surface area contributed by atoms with Crippen LogP contribution in [0.25, 0.3) is 22.2 Å². The molecule has 2 heterocycles. The number of aryl methyl sites for hydroxylation is 1. The predicted octanol–water partition coefficient (Wildman–Crippen LogP) is 4.29. The summed E-state index contributed by atoms with van der Waals surface area (Å²) in [5.74, 6) is -0.213. The van der Waals surface area contributed by atoms with Crippen LogP contribution in [0.2, 0.25) is 0 Å². The second-order valence-electron chi connectivity index (χ2n) is 6.62. The first-order valence-corrected chi connectivity index (χ1v) is 10.0. The number of amides is 1. The Balaban J connectivity index is 1.75. The lowest BCUT2D eigenvalue weighted by molar-refractivity contribution is -0.116. The summed E-state index contributed by atoms with van der Waals surface area (Å²) in [7, 11) is 0. The smallest absolute Gasteiger partial charge is 0.277 e. The molecule has 1 amide bonds. The van der Waals surface area contributed by atoms with E-state index >= 15 is 0 Å². The Morgan fingerprint density at radius 2 is 1.79 bits per heavy atom. The largest absolute Gasteiger partial charge is 0.332 e. The molecule has 146 valence electrons. The summed E-state index contributed by atoms with van der Waals surface area (Å²) in [5.41, 5.74) is 3.35. The number of hydrogen-bond acceptors (Lipinski definition) is 3. The first-order chi connectivity index (χ1) is 14.1. The molecule has 0 bridgehead atoms. The van der Waals surface area contributed by atoms with E-state index in [1.165, 1.54) is 0 Å². The average Bonchev–Trinajstić information content (AvgIpc) is 3.09. The molecule has 0 aliphatic carbocycles. The summed E-state index contributed by atoms with van der Waals surface area (Å²) in [6.07, 6.45) is 3.39. The van der Waals surface area contributed by atoms with E-state index in [4.69, 9.17) is 0 Å². The molecule has 4 rings (SSSR count). The van der Waals surface area contributed by atoms with Crippen molar-refractivity contribution in [2.75, 3.05) is 5.32 Å². The molecule has 0 saturated carbocycles. The zero-order chi connectivity index (χ0) is 20.4. The normalized spacial score (nSPS) is 11.0. The number of carbonyl (C=O) groups is 1. The van der Waals surface area contributed by atoms with E-state index in [-0.39, 0.29) is 18.0 Å². The highest BCUT2D eigenvalue weighted by molar-refractivity contribution is 9.10. The zero-order valence-electron chi connectivity index (χ0n) is 15.8. The highest BCUT2D eigenvalue weighted by Gasteiger charge is 2.17. The van der Waals surface area contributed by atoms with Gasteiger partial charge in [0.05, 0.1) is 6.33 Å². The molecule has 0 aliphatic rings. The minimum atomic E-state index is -0.213. The molecule has 0 atom stereocenters. The number of nitrogens with zero attached hydrogens (tertiary/aromatic N) is 3. The van der Waals surface area contributed by atoms with Crippen molar-refractivity contribution in [3.05, 3.63) is 81.9 Å². The van der Waals surface area contributed by atoms with Gasteiger partial charge in [-0.15, -0.1) is 0 Å². The summed E-state index contributed by atoms with van der Waals surface area (Å²) < 4.78 is 4.17. The minimum Gasteiger partial charge on any atom is -0.332 e. The maximum atomic E-state index is 13.0. The molecule has 1 N–H and O–H groups in total. The highest BCUT2D eigenvalue weighted by atomic mass is 79.9. The number of hydrogen-bond donors (Lipinski definition) is 1. The molecular weight excluding hydrogens is 432 g/mol. The van der Waals surface area contributed by atoms with E-state index in [0.29, 0.717) is 23.3 Å². The lowest BCUT2D eigenvalue weighted by atomic mass is 10.1. The predicted molar refractivity (Wildman–Crippen MR) is 118 cm³/mol. The number of carbonyl (C=O) groups excluding carboxylic acids is 1. The van der Waals surface area contributed by atoms with E-state index in [9.17, 15) is 9.59 Å². The highest BCUT2D eigenvalue weighted by Crippen LogP contribution is 2.27. The summed E-state index contributed by atoms with van der Waals surface area (Å²) in [4.78, 5) is 30.1. The molecule has 0 spiro atoms. The Kier molecular flexibility index (Phi) is 5.31. The Hall–Kier alpha value is -3.19. The molecule has 7 heteroatoms. The van der Waals surface area contributed by atoms with Crippen LogP contribution in [-0.2, 0) is 17.9 Å². The number of rotatable bonds is 5. The average molecular weight is 451 g/mol. The van der Waals surface area contributed by atoms with Crippen molar-refractivity contribution in [1.29, 1.82) is 0 Å². The molecule has 0 fully saturated rings. The standard InChI is InChI=1S/C22H19BrN4O2/c1-2-26-14-24-20-18(15-6-4-3-5-7-15)12-27(21(20)22(26)29)13-19(28)25-17-10-8-16(23)9-11-17/h3-12,14H,2,13H2,1H3,(H,25,28). The number of aromatic nitrogens is 3. The lowest BCUT2D eigenvalue weighted by Gasteiger charge is -2.08. The maximum Gasteiger partial charge on any atom is 0.277 e. The van der Waals surface area contributed by atoms with Gasteiger partial charge in [0.25, 0.3) is 5.56 Å². The first kappa shape index (κ1) is 19.1. The van der Waals surface area contributed by atoms with Gasteiger partial charge in [0.2, 0.25) is 5.91 Å². The number of fused-ring (bicyclic) bond motifs is 1. The van der Waals surface area contributed by atoms with Crippen molar-refractivity contribution < 1.29 is 4.79 Å². The molecule has 0 unspecified atom stereocenters. The van der Waals surface area contributed by atoms with Gasteiger partial charge in [-0.1, -0.05) is 46.3 Å². The van der Waals surface area contributed by atoms with Gasteiger partial charge < -0.3 is 9.88 Å². The van der Waals surface area contributed by atoms with Crippen molar-refractivity contribution in [3.63, 3.8) is 0 Å². The number of anilines is 1. The van der Waals surface area contributed by atoms with Crippen molar-refractivity contribution in [3.8, 4) is 11.1 Å². The second-order valence-corrected chi connectivity index (χ2v) is 7.54. The summed E-state index contributed by atoms with van der Waals surface area (Å²) in [6, 6.07) is 17.1. The topological polar surface area (TPSA) is 68.9 Å². The van der Waals surface area contributed by atoms with E-state index in [0.717, 1.165) is 15.6 Å². The fraction of sp³-hybridized carbons (Fsp3) is 0.136. The third-order valence-electron chi connectivity index (χ3n) is 4.71. The number of halogens is 1. The number of nitrogens with one attached hydrogen (secondary N) is 1. The zero-order valence-corrected chi connectivity index (χ0v) is 17.4. The molecule has 29 heavy (non-hydrogen) atoms. The van der Waals surface area contributed by atoms with Gasteiger partial charge in [-0.3, -0.25) is 14.2 Å². The van der Waals surface area contributed by atoms with Gasteiger partial charge in [0.15, 0.2) is 0 Å². The summed E-state index contributed by atoms with van der Waals surface area (Å²) in [6.45, 7) is 2.42. The fourth-order valence-electron chi connectivity index (χ4n) is 3.28. The van der Waals surface area contributed by atoms with Crippen molar-refractivity contribution in [2.24, 2.45) is 0 Å². The van der Waals surface area contributed by atoms with Crippen LogP contribution in [0.4, 0.5) is 5.69 Å². The van der Waals surface area contributed by atoms with E-state index in [1.54, 1.807) is 15.5 Å². The van der Waals surface area contributed by atoms with Crippen LogP contribution in [0.5, 0.6) is 0 Å². The van der Waals surface area contributed by atoms with Gasteiger partial charge in [-0.2, -0.15) is 0 Å². The molecule has 0 radical (unpaired) electrons. The lowest BCUT2D eigenvalue weighted by Crippen LogP contribution is -2.24. The fourth-order valence-corrected chi connectivity index (χ4v) is 3.55. The molecule has 0 aliphatic heterocycles. The van der Waals surface area contributed by atoms with Crippen LogP contribution >= 0.6 is 15.9 Å². The molecule has 6 nitrogen and oxygen atoms in total. The van der Waals surface area contributed by atoms with Gasteiger partial charge >= 0.3 is 0 Å². The Morgan fingerprint density at radius 3 is 2.48 bits per heavy atom. The molecule has 0 saturated heterocycles. The summed E-state index contributed by atoms with van der Waals surface area (Å²) in [5, 5.41) is 2.87. The van der Waals surface area contributed by atoms with E-state index in [1.807, 2.05) is 67.7 Å². The number of benzene rings is 2. The van der Waals surface area contributed by atoms with Crippen LogP contribution in [0.3, 0.4) is 0 Å².